The van der Waals surface area contributed by atoms with Gasteiger partial charge in [-0.1, -0.05) is 0 Å². The van der Waals surface area contributed by atoms with E-state index < -0.39 is 5.41 Å². The van der Waals surface area contributed by atoms with E-state index in [9.17, 15) is 4.79 Å². The predicted octanol–water partition coefficient (Wildman–Crippen LogP) is 1.27. The molecule has 0 bridgehead atoms. The van der Waals surface area contributed by atoms with E-state index in [2.05, 4.69) is 20.5 Å². The van der Waals surface area contributed by atoms with Crippen LogP contribution in [-0.2, 0) is 16.1 Å². The number of hydrogen-bond acceptors (Lipinski definition) is 6. The third-order valence-corrected chi connectivity index (χ3v) is 4.62. The minimum atomic E-state index is -0.545. The third kappa shape index (κ3) is 4.32. The lowest BCUT2D eigenvalue weighted by Gasteiger charge is -2.34. The van der Waals surface area contributed by atoms with E-state index in [1.165, 1.54) is 0 Å². The number of H-pyrrole nitrogens is 1. The summed E-state index contributed by atoms with van der Waals surface area (Å²) in [7, 11) is 1.62. The van der Waals surface area contributed by atoms with Crippen LogP contribution in [-0.4, -0.2) is 48.0 Å². The van der Waals surface area contributed by atoms with E-state index in [4.69, 9.17) is 15.2 Å². The molecule has 0 atom stereocenters. The number of aromatic nitrogens is 3. The van der Waals surface area contributed by atoms with Gasteiger partial charge in [-0.15, -0.1) is 12.4 Å². The SMILES string of the molecule is COc1ccc(-c2n[nH]c(CNC(=O)C3(CN)CCOCC3)n2)cc1.Cl. The Hall–Kier alpha value is -2.16. The lowest BCUT2D eigenvalue weighted by atomic mass is 9.79. The van der Waals surface area contributed by atoms with Crippen molar-refractivity contribution in [1.29, 1.82) is 0 Å². The first kappa shape index (κ1) is 20.2. The van der Waals surface area contributed by atoms with Gasteiger partial charge in [0.15, 0.2) is 5.82 Å². The highest BCUT2D eigenvalue weighted by atomic mass is 35.5. The van der Waals surface area contributed by atoms with Gasteiger partial charge < -0.3 is 20.5 Å². The Morgan fingerprint density at radius 1 is 1.35 bits per heavy atom. The van der Waals surface area contributed by atoms with Crippen molar-refractivity contribution in [2.24, 2.45) is 11.1 Å². The first-order valence-corrected chi connectivity index (χ1v) is 8.29. The van der Waals surface area contributed by atoms with Crippen LogP contribution in [0.4, 0.5) is 0 Å². The van der Waals surface area contributed by atoms with Crippen molar-refractivity contribution < 1.29 is 14.3 Å². The van der Waals surface area contributed by atoms with E-state index in [1.807, 2.05) is 24.3 Å². The van der Waals surface area contributed by atoms with Crippen molar-refractivity contribution in [1.82, 2.24) is 20.5 Å². The molecule has 1 fully saturated rings. The summed E-state index contributed by atoms with van der Waals surface area (Å²) in [5.41, 5.74) is 6.18. The minimum absolute atomic E-state index is 0. The fourth-order valence-electron chi connectivity index (χ4n) is 2.88. The fraction of sp³-hybridized carbons (Fsp3) is 0.471. The summed E-state index contributed by atoms with van der Waals surface area (Å²) >= 11 is 0. The zero-order chi connectivity index (χ0) is 17.7. The molecule has 1 aliphatic heterocycles. The molecule has 0 saturated carbocycles. The quantitative estimate of drug-likeness (QED) is 0.694. The van der Waals surface area contributed by atoms with Gasteiger partial charge in [0, 0.05) is 25.3 Å². The van der Waals surface area contributed by atoms with Crippen LogP contribution in [0.2, 0.25) is 0 Å². The molecule has 0 aliphatic carbocycles. The van der Waals surface area contributed by atoms with Crippen molar-refractivity contribution in [2.45, 2.75) is 19.4 Å². The van der Waals surface area contributed by atoms with E-state index in [-0.39, 0.29) is 24.9 Å². The molecule has 1 aromatic carbocycles. The molecule has 8 nitrogen and oxygen atoms in total. The molecule has 26 heavy (non-hydrogen) atoms. The van der Waals surface area contributed by atoms with Gasteiger partial charge in [0.1, 0.15) is 11.6 Å². The normalized spacial score (nSPS) is 15.8. The summed E-state index contributed by atoms with van der Waals surface area (Å²) in [4.78, 5) is 17.0. The van der Waals surface area contributed by atoms with Gasteiger partial charge in [-0.25, -0.2) is 4.98 Å². The maximum absolute atomic E-state index is 12.5. The van der Waals surface area contributed by atoms with E-state index in [0.29, 0.717) is 44.2 Å². The van der Waals surface area contributed by atoms with Gasteiger partial charge in [-0.2, -0.15) is 5.10 Å². The average Bonchev–Trinajstić information content (AvgIpc) is 3.15. The molecule has 3 rings (SSSR count). The first-order valence-electron chi connectivity index (χ1n) is 8.29. The van der Waals surface area contributed by atoms with Crippen LogP contribution in [0, 0.1) is 5.41 Å². The van der Waals surface area contributed by atoms with Crippen LogP contribution in [0.3, 0.4) is 0 Å². The summed E-state index contributed by atoms with van der Waals surface area (Å²) in [5.74, 6) is 1.89. The Labute approximate surface area is 158 Å². The monoisotopic (exact) mass is 381 g/mol. The van der Waals surface area contributed by atoms with E-state index in [0.717, 1.165) is 11.3 Å². The molecule has 0 spiro atoms. The van der Waals surface area contributed by atoms with Gasteiger partial charge in [0.05, 0.1) is 19.1 Å². The standard InChI is InChI=1S/C17H23N5O3.ClH/c1-24-13-4-2-12(3-5-13)15-20-14(21-22-15)10-19-16(23)17(11-18)6-8-25-9-7-17;/h2-5H,6-11,18H2,1H3,(H,19,23)(H,20,21,22);1H. The van der Waals surface area contributed by atoms with Crippen molar-refractivity contribution in [3.8, 4) is 17.1 Å². The van der Waals surface area contributed by atoms with E-state index in [1.54, 1.807) is 7.11 Å². The number of hydrogen-bond donors (Lipinski definition) is 3. The molecule has 0 unspecified atom stereocenters. The summed E-state index contributed by atoms with van der Waals surface area (Å²) in [6.07, 6.45) is 1.28. The lowest BCUT2D eigenvalue weighted by Crippen LogP contribution is -2.49. The average molecular weight is 382 g/mol. The van der Waals surface area contributed by atoms with Gasteiger partial charge in [0.25, 0.3) is 0 Å². The summed E-state index contributed by atoms with van der Waals surface area (Å²) in [6.45, 7) is 1.73. The number of nitrogens with two attached hydrogens (primary N) is 1. The van der Waals surface area contributed by atoms with Crippen molar-refractivity contribution in [2.75, 3.05) is 26.9 Å². The molecule has 2 heterocycles. The van der Waals surface area contributed by atoms with Gasteiger partial charge >= 0.3 is 0 Å². The molecule has 1 aliphatic rings. The van der Waals surface area contributed by atoms with Gasteiger partial charge in [0.2, 0.25) is 5.91 Å². The molecule has 1 amide bonds. The topological polar surface area (TPSA) is 115 Å². The number of nitrogens with zero attached hydrogens (tertiary/aromatic N) is 2. The van der Waals surface area contributed by atoms with Gasteiger partial charge in [-0.3, -0.25) is 9.89 Å². The smallest absolute Gasteiger partial charge is 0.228 e. The van der Waals surface area contributed by atoms with Crippen LogP contribution in [0.25, 0.3) is 11.4 Å². The highest BCUT2D eigenvalue weighted by molar-refractivity contribution is 5.85. The first-order chi connectivity index (χ1) is 12.2. The number of ether oxygens (including phenoxy) is 2. The van der Waals surface area contributed by atoms with Crippen molar-refractivity contribution >= 4 is 18.3 Å². The van der Waals surface area contributed by atoms with Crippen LogP contribution >= 0.6 is 12.4 Å². The number of carbonyl (C=O) groups excluding carboxylic acids is 1. The molecule has 142 valence electrons. The Morgan fingerprint density at radius 2 is 2.04 bits per heavy atom. The molecule has 0 radical (unpaired) electrons. The van der Waals surface area contributed by atoms with Crippen LogP contribution in [0.1, 0.15) is 18.7 Å². The third-order valence-electron chi connectivity index (χ3n) is 4.62. The highest BCUT2D eigenvalue weighted by Gasteiger charge is 2.38. The molecule has 1 aromatic heterocycles. The number of aromatic amines is 1. The molecule has 9 heteroatoms. The maximum atomic E-state index is 12.5. The van der Waals surface area contributed by atoms with E-state index >= 15 is 0 Å². The Bertz CT molecular complexity index is 713. The zero-order valence-corrected chi connectivity index (χ0v) is 15.5. The number of methoxy groups -OCH3 is 1. The number of carbonyl (C=O) groups is 1. The van der Waals surface area contributed by atoms with Crippen molar-refractivity contribution in [3.05, 3.63) is 30.1 Å². The Morgan fingerprint density at radius 3 is 2.65 bits per heavy atom. The maximum Gasteiger partial charge on any atom is 0.228 e. The number of halogens is 1. The molecule has 4 N–H and O–H groups in total. The summed E-state index contributed by atoms with van der Waals surface area (Å²) in [6, 6.07) is 7.47. The molecular weight excluding hydrogens is 358 g/mol. The number of rotatable bonds is 6. The zero-order valence-electron chi connectivity index (χ0n) is 14.7. The predicted molar refractivity (Wildman–Crippen MR) is 99.0 cm³/mol. The Balaban J connectivity index is 0.00000243. The molecular formula is C17H24ClN5O3. The van der Waals surface area contributed by atoms with Crippen LogP contribution < -0.4 is 15.8 Å². The molecule has 2 aromatic rings. The van der Waals surface area contributed by atoms with Crippen LogP contribution in [0.5, 0.6) is 5.75 Å². The summed E-state index contributed by atoms with van der Waals surface area (Å²) in [5, 5.41) is 9.97. The van der Waals surface area contributed by atoms with Gasteiger partial charge in [-0.05, 0) is 37.1 Å². The number of nitrogens with one attached hydrogen (secondary N) is 2. The summed E-state index contributed by atoms with van der Waals surface area (Å²) < 4.78 is 10.5. The largest absolute Gasteiger partial charge is 0.497 e. The fourth-order valence-corrected chi connectivity index (χ4v) is 2.88. The minimum Gasteiger partial charge on any atom is -0.497 e. The highest BCUT2D eigenvalue weighted by Crippen LogP contribution is 2.29. The van der Waals surface area contributed by atoms with Crippen LogP contribution in [0.15, 0.2) is 24.3 Å². The Kier molecular flexibility index (Phi) is 6.96. The van der Waals surface area contributed by atoms with Crippen molar-refractivity contribution in [3.63, 3.8) is 0 Å². The second-order valence-electron chi connectivity index (χ2n) is 6.11. The second kappa shape index (κ2) is 8.98. The second-order valence-corrected chi connectivity index (χ2v) is 6.11. The number of benzene rings is 1. The lowest BCUT2D eigenvalue weighted by molar-refractivity contribution is -0.136. The number of amides is 1. The molecule has 1 saturated heterocycles.